The molecular weight excluding hydrogens is 430 g/mol. The summed E-state index contributed by atoms with van der Waals surface area (Å²) in [5, 5.41) is 1.26. The molecule has 0 fully saturated rings. The highest BCUT2D eigenvalue weighted by atomic mass is 32.2. The van der Waals surface area contributed by atoms with Crippen LogP contribution >= 0.6 is 11.8 Å². The highest BCUT2D eigenvalue weighted by Gasteiger charge is 2.18. The number of H-pyrrole nitrogens is 1. The zero-order valence-corrected chi connectivity index (χ0v) is 19.4. The molecule has 1 heterocycles. The van der Waals surface area contributed by atoms with Crippen LogP contribution < -0.4 is 0 Å². The maximum Gasteiger partial charge on any atom is 0.0544 e. The molecule has 1 N–H and O–H groups in total. The third-order valence-corrected chi connectivity index (χ3v) is 7.11. The molecule has 0 aliphatic rings. The Balaban J connectivity index is 1.51. The van der Waals surface area contributed by atoms with Gasteiger partial charge in [0.15, 0.2) is 0 Å². The van der Waals surface area contributed by atoms with E-state index in [4.69, 9.17) is 0 Å². The van der Waals surface area contributed by atoms with E-state index in [0.29, 0.717) is 0 Å². The van der Waals surface area contributed by atoms with Gasteiger partial charge in [0.1, 0.15) is 0 Å². The quantitative estimate of drug-likeness (QED) is 0.275. The second-order valence-electron chi connectivity index (χ2n) is 8.27. The van der Waals surface area contributed by atoms with E-state index >= 15 is 0 Å². The van der Waals surface area contributed by atoms with Crippen LogP contribution in [0.1, 0.15) is 0 Å². The van der Waals surface area contributed by atoms with Crippen molar-refractivity contribution in [1.29, 1.82) is 0 Å². The van der Waals surface area contributed by atoms with Crippen LogP contribution in [0.2, 0.25) is 0 Å². The first-order valence-corrected chi connectivity index (χ1v) is 12.3. The summed E-state index contributed by atoms with van der Waals surface area (Å²) in [4.78, 5) is 6.23. The standard InChI is InChI=1S/C32H23NS/c1-4-11-23(12-5-1)28-17-10-18-29-31(28)30(24-13-6-2-7-14-24)32(33-29)25-19-21-27(22-20-25)34-26-15-8-3-9-16-26/h1-22,33H. The second-order valence-corrected chi connectivity index (χ2v) is 9.42. The van der Waals surface area contributed by atoms with Crippen molar-refractivity contribution in [2.24, 2.45) is 0 Å². The molecule has 0 spiro atoms. The predicted molar refractivity (Wildman–Crippen MR) is 145 cm³/mol. The van der Waals surface area contributed by atoms with Crippen molar-refractivity contribution in [2.45, 2.75) is 9.79 Å². The Labute approximate surface area is 204 Å². The van der Waals surface area contributed by atoms with Crippen LogP contribution in [0, 0.1) is 0 Å². The number of aromatic nitrogens is 1. The van der Waals surface area contributed by atoms with Crippen molar-refractivity contribution in [3.05, 3.63) is 133 Å². The minimum absolute atomic E-state index is 1.15. The summed E-state index contributed by atoms with van der Waals surface area (Å²) in [6.45, 7) is 0. The Morgan fingerprint density at radius 3 is 1.71 bits per heavy atom. The summed E-state index contributed by atoms with van der Waals surface area (Å²) in [5.74, 6) is 0. The SMILES string of the molecule is c1ccc(Sc2ccc(-c3[nH]c4cccc(-c5ccccc5)c4c3-c3ccccc3)cc2)cc1. The first-order chi connectivity index (χ1) is 16.9. The van der Waals surface area contributed by atoms with Crippen LogP contribution in [-0.2, 0) is 0 Å². The van der Waals surface area contributed by atoms with Crippen LogP contribution in [0.25, 0.3) is 44.4 Å². The molecule has 0 atom stereocenters. The maximum atomic E-state index is 3.75. The molecule has 0 saturated heterocycles. The molecule has 0 saturated carbocycles. The average molecular weight is 454 g/mol. The third kappa shape index (κ3) is 3.93. The second kappa shape index (κ2) is 9.09. The number of aromatic amines is 1. The van der Waals surface area contributed by atoms with Crippen molar-refractivity contribution in [3.63, 3.8) is 0 Å². The number of benzene rings is 5. The fourth-order valence-electron chi connectivity index (χ4n) is 4.53. The van der Waals surface area contributed by atoms with Gasteiger partial charge >= 0.3 is 0 Å². The van der Waals surface area contributed by atoms with E-state index in [-0.39, 0.29) is 0 Å². The fraction of sp³-hybridized carbons (Fsp3) is 0. The Morgan fingerprint density at radius 1 is 0.441 bits per heavy atom. The van der Waals surface area contributed by atoms with Gasteiger partial charge in [0.25, 0.3) is 0 Å². The van der Waals surface area contributed by atoms with Crippen LogP contribution in [0.5, 0.6) is 0 Å². The number of hydrogen-bond donors (Lipinski definition) is 1. The van der Waals surface area contributed by atoms with Crippen molar-refractivity contribution in [3.8, 4) is 33.5 Å². The molecular formula is C32H23NS. The van der Waals surface area contributed by atoms with E-state index < -0.39 is 0 Å². The van der Waals surface area contributed by atoms with E-state index in [0.717, 1.165) is 11.2 Å². The molecule has 1 nitrogen and oxygen atoms in total. The van der Waals surface area contributed by atoms with E-state index in [9.17, 15) is 0 Å². The lowest BCUT2D eigenvalue weighted by Gasteiger charge is -2.10. The third-order valence-electron chi connectivity index (χ3n) is 6.09. The molecule has 6 aromatic rings. The van der Waals surface area contributed by atoms with Crippen molar-refractivity contribution in [1.82, 2.24) is 4.98 Å². The van der Waals surface area contributed by atoms with Gasteiger partial charge < -0.3 is 4.98 Å². The Kier molecular flexibility index (Phi) is 5.50. The van der Waals surface area contributed by atoms with Crippen LogP contribution in [-0.4, -0.2) is 4.98 Å². The summed E-state index contributed by atoms with van der Waals surface area (Å²) >= 11 is 1.79. The van der Waals surface area contributed by atoms with Crippen LogP contribution in [0.4, 0.5) is 0 Å². The smallest absolute Gasteiger partial charge is 0.0544 e. The Bertz CT molecular complexity index is 1530. The van der Waals surface area contributed by atoms with Gasteiger partial charge in [-0.25, -0.2) is 0 Å². The molecule has 6 rings (SSSR count). The van der Waals surface area contributed by atoms with Crippen LogP contribution in [0.3, 0.4) is 0 Å². The number of nitrogens with one attached hydrogen (secondary N) is 1. The largest absolute Gasteiger partial charge is 0.354 e. The highest BCUT2D eigenvalue weighted by molar-refractivity contribution is 7.99. The van der Waals surface area contributed by atoms with E-state index in [1.807, 2.05) is 0 Å². The molecule has 0 unspecified atom stereocenters. The van der Waals surface area contributed by atoms with Gasteiger partial charge in [-0.3, -0.25) is 0 Å². The number of hydrogen-bond acceptors (Lipinski definition) is 1. The van der Waals surface area contributed by atoms with Gasteiger partial charge in [0, 0.05) is 26.3 Å². The monoisotopic (exact) mass is 453 g/mol. The predicted octanol–water partition coefficient (Wildman–Crippen LogP) is 9.32. The van der Waals surface area contributed by atoms with Crippen molar-refractivity contribution >= 4 is 22.7 Å². The summed E-state index contributed by atoms with van der Waals surface area (Å²) in [7, 11) is 0. The fourth-order valence-corrected chi connectivity index (χ4v) is 5.37. The Hall–Kier alpha value is -4.01. The summed E-state index contributed by atoms with van der Waals surface area (Å²) in [6, 6.07) is 47.3. The van der Waals surface area contributed by atoms with Crippen LogP contribution in [0.15, 0.2) is 143 Å². The van der Waals surface area contributed by atoms with Crippen molar-refractivity contribution in [2.75, 3.05) is 0 Å². The summed E-state index contributed by atoms with van der Waals surface area (Å²) in [6.07, 6.45) is 0. The van der Waals surface area contributed by atoms with Gasteiger partial charge in [0.05, 0.1) is 5.69 Å². The average Bonchev–Trinajstić information content (AvgIpc) is 3.31. The lowest BCUT2D eigenvalue weighted by molar-refractivity contribution is 1.39. The lowest BCUT2D eigenvalue weighted by atomic mass is 9.93. The minimum Gasteiger partial charge on any atom is -0.354 e. The zero-order chi connectivity index (χ0) is 22.7. The molecule has 162 valence electrons. The molecule has 5 aromatic carbocycles. The first-order valence-electron chi connectivity index (χ1n) is 11.5. The molecule has 0 radical (unpaired) electrons. The zero-order valence-electron chi connectivity index (χ0n) is 18.6. The summed E-state index contributed by atoms with van der Waals surface area (Å²) in [5.41, 5.74) is 8.43. The molecule has 0 bridgehead atoms. The van der Waals surface area contributed by atoms with Gasteiger partial charge in [-0.1, -0.05) is 115 Å². The molecule has 1 aromatic heterocycles. The Morgan fingerprint density at radius 2 is 1.03 bits per heavy atom. The molecule has 2 heteroatoms. The van der Waals surface area contributed by atoms with Crippen molar-refractivity contribution < 1.29 is 0 Å². The van der Waals surface area contributed by atoms with E-state index in [1.165, 1.54) is 43.0 Å². The number of rotatable bonds is 5. The lowest BCUT2D eigenvalue weighted by Crippen LogP contribution is -1.85. The molecule has 34 heavy (non-hydrogen) atoms. The van der Waals surface area contributed by atoms with Gasteiger partial charge in [-0.2, -0.15) is 0 Å². The maximum absolute atomic E-state index is 3.75. The first kappa shape index (κ1) is 20.6. The normalized spacial score (nSPS) is 11.1. The van der Waals surface area contributed by atoms with Gasteiger partial charge in [0.2, 0.25) is 0 Å². The highest BCUT2D eigenvalue weighted by Crippen LogP contribution is 2.43. The molecule has 0 aliphatic carbocycles. The summed E-state index contributed by atoms with van der Waals surface area (Å²) < 4.78 is 0. The topological polar surface area (TPSA) is 15.8 Å². The number of fused-ring (bicyclic) bond motifs is 1. The molecule has 0 aliphatic heterocycles. The van der Waals surface area contributed by atoms with E-state index in [1.54, 1.807) is 11.8 Å². The molecule has 0 amide bonds. The van der Waals surface area contributed by atoms with Gasteiger partial charge in [-0.05, 0) is 52.6 Å². The minimum atomic E-state index is 1.15. The van der Waals surface area contributed by atoms with Gasteiger partial charge in [-0.15, -0.1) is 0 Å². The van der Waals surface area contributed by atoms with E-state index in [2.05, 4.69) is 138 Å².